The second kappa shape index (κ2) is 12.1. The van der Waals surface area contributed by atoms with Crippen molar-refractivity contribution in [3.8, 4) is 0 Å². The Kier molecular flexibility index (Phi) is 12.2. The van der Waals surface area contributed by atoms with Crippen LogP contribution < -0.4 is 0 Å². The van der Waals surface area contributed by atoms with E-state index in [0.717, 1.165) is 12.8 Å². The van der Waals surface area contributed by atoms with Gasteiger partial charge in [-0.25, -0.2) is 24.3 Å². The molecule has 0 amide bonds. The SMILES string of the molecule is [C-]1=CC=CC1.[C-]1=CC=CC1.[Cl][V][Cl]. The van der Waals surface area contributed by atoms with E-state index in [-0.39, 0.29) is 14.4 Å². The van der Waals surface area contributed by atoms with Crippen LogP contribution in [0.5, 0.6) is 0 Å². The Balaban J connectivity index is 0.000000174. The van der Waals surface area contributed by atoms with Crippen LogP contribution in [0, 0.1) is 12.2 Å². The average molecular weight is 252 g/mol. The zero-order valence-corrected chi connectivity index (χ0v) is 9.99. The fraction of sp³-hybridized carbons (Fsp3) is 0.200. The maximum atomic E-state index is 4.86. The third-order valence-electron chi connectivity index (χ3n) is 1.17. The average Bonchev–Trinajstić information content (AvgIpc) is 2.85. The van der Waals surface area contributed by atoms with Crippen molar-refractivity contribution in [1.82, 2.24) is 0 Å². The molecule has 0 aromatic heterocycles. The Bertz CT molecular complexity index is 163. The molecule has 0 bridgehead atoms. The minimum atomic E-state index is -0.368. The van der Waals surface area contributed by atoms with Crippen molar-refractivity contribution in [3.63, 3.8) is 0 Å². The molecule has 0 aromatic rings. The fourth-order valence-electron chi connectivity index (χ4n) is 0.680. The summed E-state index contributed by atoms with van der Waals surface area (Å²) in [5.41, 5.74) is 0. The number of hydrogen-bond donors (Lipinski definition) is 0. The summed E-state index contributed by atoms with van der Waals surface area (Å²) in [5, 5.41) is 0. The van der Waals surface area contributed by atoms with E-state index < -0.39 is 0 Å². The Morgan fingerprint density at radius 3 is 1.38 bits per heavy atom. The van der Waals surface area contributed by atoms with E-state index in [1.54, 1.807) is 0 Å². The van der Waals surface area contributed by atoms with Gasteiger partial charge in [-0.15, -0.1) is 12.8 Å². The molecule has 0 fully saturated rings. The van der Waals surface area contributed by atoms with Gasteiger partial charge in [0.25, 0.3) is 0 Å². The van der Waals surface area contributed by atoms with Gasteiger partial charge in [-0.1, -0.05) is 0 Å². The summed E-state index contributed by atoms with van der Waals surface area (Å²) in [5.74, 6) is 0. The van der Waals surface area contributed by atoms with Crippen LogP contribution >= 0.6 is 19.7 Å². The Labute approximate surface area is 95.3 Å². The molecule has 0 spiro atoms. The van der Waals surface area contributed by atoms with Gasteiger partial charge in [-0.2, -0.15) is 12.2 Å². The molecule has 2 aliphatic rings. The van der Waals surface area contributed by atoms with Gasteiger partial charge in [-0.3, -0.25) is 12.2 Å². The summed E-state index contributed by atoms with van der Waals surface area (Å²) >= 11 is -0.368. The third-order valence-corrected chi connectivity index (χ3v) is 1.17. The number of rotatable bonds is 0. The van der Waals surface area contributed by atoms with E-state index in [1.807, 2.05) is 24.3 Å². The normalized spacial score (nSPS) is 14.6. The molecular weight excluding hydrogens is 242 g/mol. The second-order valence-electron chi connectivity index (χ2n) is 2.07. The van der Waals surface area contributed by atoms with Gasteiger partial charge in [0, 0.05) is 0 Å². The first-order chi connectivity index (χ1) is 6.41. The zero-order chi connectivity index (χ0) is 9.78. The van der Waals surface area contributed by atoms with E-state index in [1.165, 1.54) is 0 Å². The van der Waals surface area contributed by atoms with Gasteiger partial charge >= 0.3 is 34.1 Å². The van der Waals surface area contributed by atoms with Crippen LogP contribution in [-0.2, 0) is 14.4 Å². The second-order valence-corrected chi connectivity index (χ2v) is 4.38. The van der Waals surface area contributed by atoms with Crippen molar-refractivity contribution >= 4 is 19.7 Å². The van der Waals surface area contributed by atoms with Crippen LogP contribution in [0.1, 0.15) is 12.8 Å². The van der Waals surface area contributed by atoms with Crippen molar-refractivity contribution in [2.45, 2.75) is 12.8 Å². The van der Waals surface area contributed by atoms with Crippen LogP contribution in [0.2, 0.25) is 0 Å². The summed E-state index contributed by atoms with van der Waals surface area (Å²) in [6.07, 6.45) is 20.0. The first-order valence-electron chi connectivity index (χ1n) is 3.77. The number of halogens is 2. The quantitative estimate of drug-likeness (QED) is 0.572. The molecule has 0 N–H and O–H groups in total. The van der Waals surface area contributed by atoms with Crippen molar-refractivity contribution in [2.24, 2.45) is 0 Å². The van der Waals surface area contributed by atoms with E-state index in [0.29, 0.717) is 0 Å². The molecular formula is C10H10Cl2V-2. The molecule has 0 aliphatic heterocycles. The molecule has 71 valence electrons. The molecule has 0 aromatic carbocycles. The summed E-state index contributed by atoms with van der Waals surface area (Å²) in [6.45, 7) is 0. The molecule has 0 atom stereocenters. The number of allylic oxidation sites excluding steroid dienone is 8. The summed E-state index contributed by atoms with van der Waals surface area (Å²) in [6, 6.07) is 0. The van der Waals surface area contributed by atoms with Gasteiger partial charge in [0.2, 0.25) is 0 Å². The van der Waals surface area contributed by atoms with Crippen LogP contribution in [0.25, 0.3) is 0 Å². The topological polar surface area (TPSA) is 0 Å². The third kappa shape index (κ3) is 12.1. The van der Waals surface area contributed by atoms with Crippen molar-refractivity contribution in [1.29, 1.82) is 0 Å². The molecule has 13 heavy (non-hydrogen) atoms. The molecule has 0 radical (unpaired) electrons. The fourth-order valence-corrected chi connectivity index (χ4v) is 0.680. The van der Waals surface area contributed by atoms with Crippen molar-refractivity contribution in [3.05, 3.63) is 48.6 Å². The van der Waals surface area contributed by atoms with Gasteiger partial charge in [0.05, 0.1) is 0 Å². The first-order valence-corrected chi connectivity index (χ1v) is 7.62. The van der Waals surface area contributed by atoms with E-state index in [4.69, 9.17) is 19.7 Å². The Morgan fingerprint density at radius 1 is 0.923 bits per heavy atom. The molecule has 0 heterocycles. The molecule has 3 heteroatoms. The van der Waals surface area contributed by atoms with Crippen LogP contribution in [0.15, 0.2) is 36.5 Å². The van der Waals surface area contributed by atoms with Crippen LogP contribution in [-0.4, -0.2) is 0 Å². The van der Waals surface area contributed by atoms with Gasteiger partial charge < -0.3 is 0 Å². The molecule has 0 saturated heterocycles. The van der Waals surface area contributed by atoms with Gasteiger partial charge in [0.1, 0.15) is 0 Å². The maximum absolute atomic E-state index is 4.86. The molecule has 2 rings (SSSR count). The molecule has 0 unspecified atom stereocenters. The van der Waals surface area contributed by atoms with E-state index in [9.17, 15) is 0 Å². The number of hydrogen-bond acceptors (Lipinski definition) is 0. The monoisotopic (exact) mass is 251 g/mol. The Morgan fingerprint density at radius 2 is 1.31 bits per heavy atom. The van der Waals surface area contributed by atoms with Crippen LogP contribution in [0.4, 0.5) is 0 Å². The van der Waals surface area contributed by atoms with E-state index in [2.05, 4.69) is 24.3 Å². The van der Waals surface area contributed by atoms with Crippen molar-refractivity contribution < 1.29 is 14.4 Å². The first kappa shape index (κ1) is 13.1. The van der Waals surface area contributed by atoms with Crippen molar-refractivity contribution in [2.75, 3.05) is 0 Å². The van der Waals surface area contributed by atoms with Crippen LogP contribution in [0.3, 0.4) is 0 Å². The molecule has 0 saturated carbocycles. The Hall–Kier alpha value is 0.124. The summed E-state index contributed by atoms with van der Waals surface area (Å²) < 4.78 is 0. The molecule has 2 aliphatic carbocycles. The van der Waals surface area contributed by atoms with Gasteiger partial charge in [-0.05, 0) is 0 Å². The molecule has 0 nitrogen and oxygen atoms in total. The minimum absolute atomic E-state index is 0.368. The summed E-state index contributed by atoms with van der Waals surface area (Å²) in [4.78, 5) is 0. The van der Waals surface area contributed by atoms with Gasteiger partial charge in [0.15, 0.2) is 0 Å². The predicted octanol–water partition coefficient (Wildman–Crippen LogP) is 3.99. The standard InChI is InChI=1S/2C5H5.2ClH.V/c2*1-2-4-5-3-1;;;/h2*1-3H,4H2;2*1H;/q2*-1;;;+2/p-2. The predicted molar refractivity (Wildman–Crippen MR) is 54.8 cm³/mol. The summed E-state index contributed by atoms with van der Waals surface area (Å²) in [7, 11) is 9.72. The van der Waals surface area contributed by atoms with E-state index >= 15 is 0 Å². The zero-order valence-electron chi connectivity index (χ0n) is 7.08.